The summed E-state index contributed by atoms with van der Waals surface area (Å²) < 4.78 is 41.0. The molecular formula is C19H26FN3O4S. The van der Waals surface area contributed by atoms with Crippen LogP contribution in [0.5, 0.6) is 0 Å². The molecule has 2 amide bonds. The van der Waals surface area contributed by atoms with Crippen molar-refractivity contribution < 1.29 is 22.4 Å². The molecule has 3 rings (SSSR count). The molecule has 0 aromatic heterocycles. The van der Waals surface area contributed by atoms with Crippen LogP contribution in [0, 0.1) is 11.7 Å². The minimum Gasteiger partial charge on any atom is -0.352 e. The minimum absolute atomic E-state index is 0.0275. The van der Waals surface area contributed by atoms with Gasteiger partial charge in [-0.25, -0.2) is 12.8 Å². The lowest BCUT2D eigenvalue weighted by atomic mass is 9.99. The van der Waals surface area contributed by atoms with Crippen LogP contribution in [0.4, 0.5) is 4.39 Å². The fraction of sp³-hybridized carbons (Fsp3) is 0.579. The number of nitrogens with one attached hydrogen (secondary N) is 1. The summed E-state index contributed by atoms with van der Waals surface area (Å²) >= 11 is 0. The van der Waals surface area contributed by atoms with Gasteiger partial charge in [0.15, 0.2) is 0 Å². The number of carbonyl (C=O) groups is 2. The molecule has 0 spiro atoms. The van der Waals surface area contributed by atoms with Gasteiger partial charge in [0.1, 0.15) is 11.9 Å². The van der Waals surface area contributed by atoms with Crippen LogP contribution in [0.1, 0.15) is 33.6 Å². The van der Waals surface area contributed by atoms with Crippen molar-refractivity contribution in [3.05, 3.63) is 30.1 Å². The number of carbonyl (C=O) groups excluding carboxylic acids is 2. The van der Waals surface area contributed by atoms with Gasteiger partial charge in [0.2, 0.25) is 21.8 Å². The average molecular weight is 411 g/mol. The molecule has 0 aliphatic carbocycles. The lowest BCUT2D eigenvalue weighted by Crippen LogP contribution is -2.61. The van der Waals surface area contributed by atoms with Crippen molar-refractivity contribution in [1.29, 1.82) is 0 Å². The first kappa shape index (κ1) is 20.7. The Kier molecular flexibility index (Phi) is 5.77. The van der Waals surface area contributed by atoms with Gasteiger partial charge in [-0.05, 0) is 43.0 Å². The van der Waals surface area contributed by atoms with Crippen molar-refractivity contribution >= 4 is 21.8 Å². The summed E-state index contributed by atoms with van der Waals surface area (Å²) in [7, 11) is -3.95. The fourth-order valence-corrected chi connectivity index (χ4v) is 5.70. The number of fused-ring (bicyclic) bond motifs is 1. The molecule has 1 aromatic rings. The zero-order valence-electron chi connectivity index (χ0n) is 16.3. The number of halogens is 1. The molecule has 154 valence electrons. The molecule has 0 saturated carbocycles. The van der Waals surface area contributed by atoms with Crippen molar-refractivity contribution in [2.75, 3.05) is 13.1 Å². The quantitative estimate of drug-likeness (QED) is 0.792. The summed E-state index contributed by atoms with van der Waals surface area (Å²) in [6.45, 7) is 5.85. The van der Waals surface area contributed by atoms with Crippen LogP contribution in [0.25, 0.3) is 0 Å². The minimum atomic E-state index is -3.95. The molecule has 7 nitrogen and oxygen atoms in total. The highest BCUT2D eigenvalue weighted by Crippen LogP contribution is 2.32. The number of nitrogens with zero attached hydrogens (tertiary/aromatic N) is 2. The number of hydrogen-bond acceptors (Lipinski definition) is 4. The van der Waals surface area contributed by atoms with Gasteiger partial charge in [0, 0.05) is 32.1 Å². The third-order valence-electron chi connectivity index (χ3n) is 5.24. The molecule has 1 aromatic carbocycles. The van der Waals surface area contributed by atoms with E-state index >= 15 is 0 Å². The van der Waals surface area contributed by atoms with Crippen molar-refractivity contribution in [1.82, 2.24) is 14.5 Å². The summed E-state index contributed by atoms with van der Waals surface area (Å²) in [5.41, 5.74) is 0. The van der Waals surface area contributed by atoms with Crippen LogP contribution in [-0.2, 0) is 19.6 Å². The Bertz CT molecular complexity index is 856. The molecule has 0 unspecified atom stereocenters. The van der Waals surface area contributed by atoms with E-state index in [1.165, 1.54) is 23.4 Å². The van der Waals surface area contributed by atoms with Gasteiger partial charge in [0.05, 0.1) is 4.90 Å². The Balaban J connectivity index is 1.93. The first-order valence-corrected chi connectivity index (χ1v) is 10.9. The Morgan fingerprint density at radius 2 is 1.89 bits per heavy atom. The molecule has 2 fully saturated rings. The lowest BCUT2D eigenvalue weighted by molar-refractivity contribution is -0.141. The van der Waals surface area contributed by atoms with Crippen molar-refractivity contribution in [3.8, 4) is 0 Å². The molecule has 2 aliphatic heterocycles. The maximum Gasteiger partial charge on any atom is 0.243 e. The largest absolute Gasteiger partial charge is 0.352 e. The number of piperazine rings is 1. The average Bonchev–Trinajstić information content (AvgIpc) is 2.99. The van der Waals surface area contributed by atoms with Gasteiger partial charge < -0.3 is 10.2 Å². The molecule has 3 atom stereocenters. The number of amides is 2. The number of benzene rings is 1. The zero-order valence-corrected chi connectivity index (χ0v) is 17.1. The molecule has 9 heteroatoms. The molecule has 1 N–H and O–H groups in total. The molecule has 2 heterocycles. The van der Waals surface area contributed by atoms with Crippen LogP contribution in [0.15, 0.2) is 29.2 Å². The smallest absolute Gasteiger partial charge is 0.243 e. The van der Waals surface area contributed by atoms with Crippen molar-refractivity contribution in [2.45, 2.75) is 56.6 Å². The summed E-state index contributed by atoms with van der Waals surface area (Å²) in [5.74, 6) is -0.812. The zero-order chi connectivity index (χ0) is 20.6. The molecular weight excluding hydrogens is 385 g/mol. The van der Waals surface area contributed by atoms with E-state index in [-0.39, 0.29) is 41.3 Å². The fourth-order valence-electron chi connectivity index (χ4n) is 4.07. The number of hydrogen-bond donors (Lipinski definition) is 1. The van der Waals surface area contributed by atoms with E-state index in [2.05, 4.69) is 5.32 Å². The van der Waals surface area contributed by atoms with Crippen molar-refractivity contribution in [3.63, 3.8) is 0 Å². The molecule has 28 heavy (non-hydrogen) atoms. The molecule has 0 bridgehead atoms. The summed E-state index contributed by atoms with van der Waals surface area (Å²) in [6, 6.07) is 3.38. The van der Waals surface area contributed by atoms with E-state index in [1.54, 1.807) is 4.90 Å². The third-order valence-corrected chi connectivity index (χ3v) is 7.13. The van der Waals surface area contributed by atoms with Gasteiger partial charge in [0.25, 0.3) is 0 Å². The van der Waals surface area contributed by atoms with Gasteiger partial charge in [-0.2, -0.15) is 4.31 Å². The van der Waals surface area contributed by atoms with E-state index in [0.29, 0.717) is 19.4 Å². The lowest BCUT2D eigenvalue weighted by Gasteiger charge is -2.42. The van der Waals surface area contributed by atoms with Crippen LogP contribution in [-0.4, -0.2) is 60.7 Å². The van der Waals surface area contributed by atoms with E-state index in [9.17, 15) is 22.4 Å². The first-order chi connectivity index (χ1) is 13.1. The monoisotopic (exact) mass is 411 g/mol. The second-order valence-electron chi connectivity index (χ2n) is 7.95. The summed E-state index contributed by atoms with van der Waals surface area (Å²) in [6.07, 6.45) is 0.905. The Hall–Kier alpha value is -2.00. The standard InChI is InChI=1S/C19H26FN3O4S/c1-12(2)8-18-19(25)22-10-15(21-13(3)24)9-16(22)11-23(18)28(26,27)17-6-4-14(20)5-7-17/h4-7,12,15-16,18H,8-11H2,1-3H3,(H,21,24)/t15-,16-,18-/m0/s1. The molecule has 0 radical (unpaired) electrons. The summed E-state index contributed by atoms with van der Waals surface area (Å²) in [4.78, 5) is 26.2. The third kappa shape index (κ3) is 4.05. The van der Waals surface area contributed by atoms with Crippen molar-refractivity contribution in [2.24, 2.45) is 5.92 Å². The Labute approximate surface area is 164 Å². The van der Waals surface area contributed by atoms with Crippen LogP contribution in [0.2, 0.25) is 0 Å². The Morgan fingerprint density at radius 1 is 1.25 bits per heavy atom. The first-order valence-electron chi connectivity index (χ1n) is 9.44. The highest BCUT2D eigenvalue weighted by molar-refractivity contribution is 7.89. The van der Waals surface area contributed by atoms with Crippen LogP contribution < -0.4 is 5.32 Å². The van der Waals surface area contributed by atoms with Gasteiger partial charge >= 0.3 is 0 Å². The van der Waals surface area contributed by atoms with E-state index in [4.69, 9.17) is 0 Å². The second-order valence-corrected chi connectivity index (χ2v) is 9.84. The maximum absolute atomic E-state index is 13.2. The van der Waals surface area contributed by atoms with Gasteiger partial charge in [-0.3, -0.25) is 9.59 Å². The molecule has 2 saturated heterocycles. The predicted molar refractivity (Wildman–Crippen MR) is 101 cm³/mol. The van der Waals surface area contributed by atoms with Crippen LogP contribution in [0.3, 0.4) is 0 Å². The van der Waals surface area contributed by atoms with E-state index in [0.717, 1.165) is 12.1 Å². The highest BCUT2D eigenvalue weighted by atomic mass is 32.2. The van der Waals surface area contributed by atoms with E-state index in [1.807, 2.05) is 13.8 Å². The summed E-state index contributed by atoms with van der Waals surface area (Å²) in [5, 5.41) is 2.82. The van der Waals surface area contributed by atoms with Gasteiger partial charge in [-0.15, -0.1) is 0 Å². The van der Waals surface area contributed by atoms with Gasteiger partial charge in [-0.1, -0.05) is 13.8 Å². The van der Waals surface area contributed by atoms with Crippen LogP contribution >= 0.6 is 0 Å². The maximum atomic E-state index is 13.2. The second kappa shape index (κ2) is 7.79. The SMILES string of the molecule is CC(=O)N[C@H]1C[C@H]2CN(S(=O)(=O)c3ccc(F)cc3)[C@@H](CC(C)C)C(=O)N2C1. The Morgan fingerprint density at radius 3 is 2.46 bits per heavy atom. The van der Waals surface area contributed by atoms with E-state index < -0.39 is 21.9 Å². The number of sulfonamides is 1. The molecule has 2 aliphatic rings. The predicted octanol–water partition coefficient (Wildman–Crippen LogP) is 1.35. The highest BCUT2D eigenvalue weighted by Gasteiger charge is 2.49. The topological polar surface area (TPSA) is 86.8 Å². The number of rotatable bonds is 5. The normalized spacial score (nSPS) is 25.8.